The molecular formula is C29H26F6N2O4. The lowest BCUT2D eigenvalue weighted by Crippen LogP contribution is -2.46. The molecule has 1 aliphatic heterocycles. The molecule has 1 aliphatic rings. The molecule has 12 heteroatoms. The molecule has 2 N–H and O–H groups in total. The summed E-state index contributed by atoms with van der Waals surface area (Å²) >= 11 is 0. The van der Waals surface area contributed by atoms with E-state index in [0.29, 0.717) is 23.4 Å². The van der Waals surface area contributed by atoms with Crippen molar-refractivity contribution in [1.82, 2.24) is 4.90 Å². The van der Waals surface area contributed by atoms with Crippen molar-refractivity contribution in [2.75, 3.05) is 18.4 Å². The van der Waals surface area contributed by atoms with Crippen LogP contribution in [0.25, 0.3) is 0 Å². The van der Waals surface area contributed by atoms with Gasteiger partial charge in [0, 0.05) is 30.3 Å². The smallest absolute Gasteiger partial charge is 0.416 e. The topological polar surface area (TPSA) is 78.9 Å². The van der Waals surface area contributed by atoms with Gasteiger partial charge in [-0.2, -0.15) is 26.3 Å². The van der Waals surface area contributed by atoms with Gasteiger partial charge in [0.2, 0.25) is 0 Å². The van der Waals surface area contributed by atoms with Crippen LogP contribution in [0.15, 0.2) is 72.8 Å². The molecule has 3 aromatic rings. The van der Waals surface area contributed by atoms with Crippen molar-refractivity contribution in [1.29, 1.82) is 0 Å². The number of nitrogens with zero attached hydrogens (tertiary/aromatic N) is 1. The van der Waals surface area contributed by atoms with E-state index in [9.17, 15) is 35.9 Å². The van der Waals surface area contributed by atoms with Crippen LogP contribution in [0.1, 0.15) is 58.0 Å². The van der Waals surface area contributed by atoms with E-state index in [1.54, 1.807) is 23.1 Å². The predicted octanol–water partition coefficient (Wildman–Crippen LogP) is 7.59. The largest absolute Gasteiger partial charge is 0.465 e. The number of ether oxygens (including phenoxy) is 1. The van der Waals surface area contributed by atoms with Gasteiger partial charge in [-0.05, 0) is 66.9 Å². The molecule has 0 aromatic heterocycles. The van der Waals surface area contributed by atoms with Gasteiger partial charge >= 0.3 is 18.4 Å². The Bertz CT molecular complexity index is 1340. The first kappa shape index (κ1) is 29.9. The van der Waals surface area contributed by atoms with Gasteiger partial charge in [-0.3, -0.25) is 10.1 Å². The van der Waals surface area contributed by atoms with E-state index >= 15 is 0 Å². The zero-order chi connectivity index (χ0) is 29.9. The summed E-state index contributed by atoms with van der Waals surface area (Å²) in [4.78, 5) is 25.7. The van der Waals surface area contributed by atoms with Crippen molar-refractivity contribution in [3.05, 3.63) is 101 Å². The Kier molecular flexibility index (Phi) is 8.62. The number of nitrogens with one attached hydrogen (secondary N) is 1. The number of halogens is 6. The number of benzene rings is 3. The third-order valence-corrected chi connectivity index (χ3v) is 6.91. The highest BCUT2D eigenvalue weighted by atomic mass is 19.4. The molecule has 3 atom stereocenters. The number of likely N-dealkylation sites (tertiary alicyclic amines) is 1. The van der Waals surface area contributed by atoms with Gasteiger partial charge in [-0.1, -0.05) is 30.3 Å². The number of piperidine rings is 1. The number of hydrogen-bond donors (Lipinski definition) is 2. The minimum Gasteiger partial charge on any atom is -0.465 e. The number of amides is 2. The first-order chi connectivity index (χ1) is 19.2. The van der Waals surface area contributed by atoms with Crippen molar-refractivity contribution in [2.24, 2.45) is 0 Å². The number of rotatable bonds is 6. The van der Waals surface area contributed by atoms with E-state index in [0.717, 1.165) is 5.56 Å². The molecule has 0 spiro atoms. The average Bonchev–Trinajstić information content (AvgIpc) is 2.92. The summed E-state index contributed by atoms with van der Waals surface area (Å²) in [6, 6.07) is 16.3. The molecule has 0 saturated carbocycles. The molecule has 0 bridgehead atoms. The predicted molar refractivity (Wildman–Crippen MR) is 138 cm³/mol. The Labute approximate surface area is 231 Å². The highest BCUT2D eigenvalue weighted by Gasteiger charge is 2.39. The van der Waals surface area contributed by atoms with Gasteiger partial charge in [-0.15, -0.1) is 0 Å². The van der Waals surface area contributed by atoms with Gasteiger partial charge in [-0.25, -0.2) is 4.79 Å². The van der Waals surface area contributed by atoms with Gasteiger partial charge in [0.05, 0.1) is 23.3 Å². The van der Waals surface area contributed by atoms with E-state index in [1.165, 1.54) is 31.2 Å². The molecule has 1 heterocycles. The summed E-state index contributed by atoms with van der Waals surface area (Å²) in [5.41, 5.74) is -1.68. The van der Waals surface area contributed by atoms with E-state index < -0.39 is 47.7 Å². The minimum atomic E-state index is -4.98. The molecule has 41 heavy (non-hydrogen) atoms. The first-order valence-electron chi connectivity index (χ1n) is 12.6. The monoisotopic (exact) mass is 580 g/mol. The molecule has 0 radical (unpaired) electrons. The van der Waals surface area contributed by atoms with Crippen LogP contribution in [-0.2, 0) is 17.1 Å². The van der Waals surface area contributed by atoms with Crippen LogP contribution in [0.2, 0.25) is 0 Å². The van der Waals surface area contributed by atoms with E-state index in [-0.39, 0.29) is 37.0 Å². The number of alkyl halides is 6. The van der Waals surface area contributed by atoms with Gasteiger partial charge in [0.15, 0.2) is 0 Å². The summed E-state index contributed by atoms with van der Waals surface area (Å²) in [5.74, 6) is -0.732. The van der Waals surface area contributed by atoms with Crippen LogP contribution in [-0.4, -0.2) is 41.2 Å². The summed E-state index contributed by atoms with van der Waals surface area (Å²) in [5, 5.41) is 11.0. The summed E-state index contributed by atoms with van der Waals surface area (Å²) in [7, 11) is 0. The number of carbonyl (C=O) groups is 2. The Morgan fingerprint density at radius 2 is 1.51 bits per heavy atom. The number of carbonyl (C=O) groups excluding carboxylic acids is 1. The van der Waals surface area contributed by atoms with Gasteiger partial charge in [0.1, 0.15) is 0 Å². The molecule has 3 aromatic carbocycles. The zero-order valence-corrected chi connectivity index (χ0v) is 21.7. The summed E-state index contributed by atoms with van der Waals surface area (Å²) in [6.45, 7) is 1.82. The second kappa shape index (κ2) is 11.8. The standard InChI is InChI=1S/C29H26F6N2O4/c1-17(20-13-21(28(30,31)32)15-22(14-20)29(33,34)35)41-25-11-12-37(16-24(25)18-5-3-2-4-6-18)26(38)19-7-9-23(10-8-19)36-27(39)40/h2-10,13-15,17,24-25,36H,11-12,16H2,1H3,(H,39,40)/t17-,24+,25+/m1/s1. The van der Waals surface area contributed by atoms with E-state index in [4.69, 9.17) is 9.84 Å². The van der Waals surface area contributed by atoms with Crippen LogP contribution in [0, 0.1) is 0 Å². The highest BCUT2D eigenvalue weighted by molar-refractivity contribution is 5.95. The number of hydrogen-bond acceptors (Lipinski definition) is 3. The van der Waals surface area contributed by atoms with Gasteiger partial charge in [0.25, 0.3) is 5.91 Å². The third kappa shape index (κ3) is 7.37. The second-order valence-electron chi connectivity index (χ2n) is 9.72. The Morgan fingerprint density at radius 3 is 2.05 bits per heavy atom. The van der Waals surface area contributed by atoms with Gasteiger partial charge < -0.3 is 14.7 Å². The first-order valence-corrected chi connectivity index (χ1v) is 12.6. The number of anilines is 1. The summed E-state index contributed by atoms with van der Waals surface area (Å²) < 4.78 is 86.5. The van der Waals surface area contributed by atoms with Crippen LogP contribution in [0.3, 0.4) is 0 Å². The molecule has 2 amide bonds. The lowest BCUT2D eigenvalue weighted by molar-refractivity contribution is -0.143. The van der Waals surface area contributed by atoms with Crippen molar-refractivity contribution in [3.8, 4) is 0 Å². The SMILES string of the molecule is C[C@@H](O[C@H]1CCN(C(=O)c2ccc(NC(=O)O)cc2)C[C@H]1c1ccccc1)c1cc(C(F)(F)F)cc(C(F)(F)F)c1. The van der Waals surface area contributed by atoms with Crippen LogP contribution in [0.4, 0.5) is 36.8 Å². The lowest BCUT2D eigenvalue weighted by Gasteiger charge is -2.40. The Morgan fingerprint density at radius 1 is 0.927 bits per heavy atom. The maximum Gasteiger partial charge on any atom is 0.416 e. The average molecular weight is 581 g/mol. The molecule has 4 rings (SSSR count). The third-order valence-electron chi connectivity index (χ3n) is 6.91. The van der Waals surface area contributed by atoms with Crippen LogP contribution >= 0.6 is 0 Å². The lowest BCUT2D eigenvalue weighted by atomic mass is 9.87. The van der Waals surface area contributed by atoms with Crippen LogP contribution in [0.5, 0.6) is 0 Å². The Hall–Kier alpha value is -4.06. The quantitative estimate of drug-likeness (QED) is 0.295. The van der Waals surface area contributed by atoms with Crippen molar-refractivity contribution < 1.29 is 45.8 Å². The van der Waals surface area contributed by atoms with E-state index in [2.05, 4.69) is 5.32 Å². The van der Waals surface area contributed by atoms with Crippen molar-refractivity contribution in [3.63, 3.8) is 0 Å². The molecule has 1 fully saturated rings. The van der Waals surface area contributed by atoms with Crippen LogP contribution < -0.4 is 5.32 Å². The second-order valence-corrected chi connectivity index (χ2v) is 9.72. The molecule has 0 aliphatic carbocycles. The fraction of sp³-hybridized carbons (Fsp3) is 0.310. The maximum atomic E-state index is 13.4. The Balaban J connectivity index is 1.57. The fourth-order valence-corrected chi connectivity index (χ4v) is 4.85. The number of carboxylic acid groups (broad SMARTS) is 1. The molecule has 6 nitrogen and oxygen atoms in total. The summed E-state index contributed by atoms with van der Waals surface area (Å²) in [6.07, 6.45) is -12.6. The highest BCUT2D eigenvalue weighted by Crippen LogP contribution is 2.39. The minimum absolute atomic E-state index is 0.0807. The maximum absolute atomic E-state index is 13.4. The fourth-order valence-electron chi connectivity index (χ4n) is 4.85. The van der Waals surface area contributed by atoms with E-state index in [1.807, 2.05) is 12.1 Å². The molecule has 1 saturated heterocycles. The van der Waals surface area contributed by atoms with Crippen molar-refractivity contribution in [2.45, 2.75) is 43.8 Å². The molecule has 218 valence electrons. The molecule has 0 unspecified atom stereocenters. The zero-order valence-electron chi connectivity index (χ0n) is 21.7. The van der Waals surface area contributed by atoms with Crippen molar-refractivity contribution >= 4 is 17.7 Å². The molecular weight excluding hydrogens is 554 g/mol. The normalized spacial score (nSPS) is 18.6.